The molecule has 1 saturated heterocycles. The summed E-state index contributed by atoms with van der Waals surface area (Å²) in [5.74, 6) is 6.24. The van der Waals surface area contributed by atoms with Crippen molar-refractivity contribution < 1.29 is 4.79 Å². The maximum atomic E-state index is 13.8. The highest BCUT2D eigenvalue weighted by atomic mass is 35.5. The minimum Gasteiger partial charge on any atom is -0.283 e. The van der Waals surface area contributed by atoms with Gasteiger partial charge in [0.2, 0.25) is 0 Å². The Morgan fingerprint density at radius 1 is 1.02 bits per heavy atom. The molecular weight excluding hydrogens is 589 g/mol. The number of nitrogens with zero attached hydrogens (tertiary/aromatic N) is 6. The van der Waals surface area contributed by atoms with Crippen LogP contribution in [0.3, 0.4) is 0 Å². The number of halogens is 2. The van der Waals surface area contributed by atoms with E-state index < -0.39 is 0 Å². The average molecular weight is 617 g/mol. The van der Waals surface area contributed by atoms with Gasteiger partial charge in [-0.3, -0.25) is 10.2 Å². The zero-order valence-corrected chi connectivity index (χ0v) is 25.2. The van der Waals surface area contributed by atoms with Crippen LogP contribution in [0.5, 0.6) is 0 Å². The lowest BCUT2D eigenvalue weighted by Gasteiger charge is -2.26. The molecule has 0 unspecified atom stereocenters. The Labute approximate surface area is 257 Å². The molecule has 1 aliphatic heterocycles. The van der Waals surface area contributed by atoms with Crippen molar-refractivity contribution in [3.05, 3.63) is 105 Å². The quantitative estimate of drug-likeness (QED) is 0.224. The number of hydrazine groups is 1. The second-order valence-electron chi connectivity index (χ2n) is 10.0. The first-order valence-electron chi connectivity index (χ1n) is 13.6. The Morgan fingerprint density at radius 3 is 2.57 bits per heavy atom. The Bertz CT molecular complexity index is 1780. The van der Waals surface area contributed by atoms with Gasteiger partial charge in [0.15, 0.2) is 5.69 Å². The molecule has 1 amide bonds. The molecule has 0 bridgehead atoms. The summed E-state index contributed by atoms with van der Waals surface area (Å²) in [5.41, 5.74) is 7.52. The highest BCUT2D eigenvalue weighted by Crippen LogP contribution is 2.37. The van der Waals surface area contributed by atoms with Gasteiger partial charge in [0.1, 0.15) is 12.7 Å². The number of thiophene rings is 1. The fourth-order valence-electron chi connectivity index (χ4n) is 4.84. The first kappa shape index (κ1) is 28.2. The second-order valence-corrected chi connectivity index (χ2v) is 12.0. The highest BCUT2D eigenvalue weighted by Gasteiger charge is 2.28. The molecule has 0 spiro atoms. The summed E-state index contributed by atoms with van der Waals surface area (Å²) in [6, 6.07) is 17.3. The lowest BCUT2D eigenvalue weighted by atomic mass is 10.1. The summed E-state index contributed by atoms with van der Waals surface area (Å²) < 4.78 is 3.40. The normalized spacial score (nSPS) is 13.5. The third-order valence-electron chi connectivity index (χ3n) is 6.96. The number of amides is 1. The number of hydrogen-bond donors (Lipinski definition) is 1. The van der Waals surface area contributed by atoms with Gasteiger partial charge in [-0.15, -0.1) is 11.3 Å². The van der Waals surface area contributed by atoms with E-state index in [9.17, 15) is 4.79 Å². The predicted octanol–water partition coefficient (Wildman–Crippen LogP) is 6.39. The van der Waals surface area contributed by atoms with E-state index in [2.05, 4.69) is 34.3 Å². The molecule has 0 aliphatic carbocycles. The summed E-state index contributed by atoms with van der Waals surface area (Å²) >= 11 is 14.5. The zero-order chi connectivity index (χ0) is 29.1. The van der Waals surface area contributed by atoms with Crippen molar-refractivity contribution in [3.63, 3.8) is 0 Å². The van der Waals surface area contributed by atoms with Crippen molar-refractivity contribution in [1.29, 1.82) is 0 Å². The number of nitrogens with one attached hydrogen (secondary N) is 1. The van der Waals surface area contributed by atoms with E-state index in [1.807, 2.05) is 41.4 Å². The summed E-state index contributed by atoms with van der Waals surface area (Å²) in [4.78, 5) is 19.6. The molecule has 11 heteroatoms. The molecule has 1 fully saturated rings. The van der Waals surface area contributed by atoms with Crippen molar-refractivity contribution in [2.45, 2.75) is 32.7 Å². The SMILES string of the molecule is Cc1ccc(C#Cc2ccc(-c3c(Cn4cncn4)c(C(=O)NN4CCCCC4)nn3-c3ccc(Cl)cc3Cl)s2)cc1. The molecule has 0 atom stereocenters. The van der Waals surface area contributed by atoms with Gasteiger partial charge in [-0.1, -0.05) is 59.2 Å². The standard InChI is InChI=1S/C31H27Cl2N7OS/c1-21-5-7-22(8-6-21)9-11-24-12-14-28(42-24)30-25(18-39-20-34-19-35-39)29(31(41)37-38-15-3-2-4-16-38)36-40(30)27-13-10-23(32)17-26(27)33/h5-8,10,12-14,17,19-20H,2-4,15-16,18H2,1H3,(H,37,41). The van der Waals surface area contributed by atoms with Crippen LogP contribution in [-0.4, -0.2) is 48.6 Å². The lowest BCUT2D eigenvalue weighted by Crippen LogP contribution is -2.45. The van der Waals surface area contributed by atoms with Gasteiger partial charge in [-0.25, -0.2) is 19.4 Å². The monoisotopic (exact) mass is 615 g/mol. The van der Waals surface area contributed by atoms with Crippen molar-refractivity contribution in [2.75, 3.05) is 13.1 Å². The first-order valence-corrected chi connectivity index (χ1v) is 15.2. The van der Waals surface area contributed by atoms with E-state index in [0.717, 1.165) is 53.4 Å². The van der Waals surface area contributed by atoms with Gasteiger partial charge < -0.3 is 0 Å². The summed E-state index contributed by atoms with van der Waals surface area (Å²) in [5, 5.41) is 12.1. The third-order valence-corrected chi connectivity index (χ3v) is 8.51. The topological polar surface area (TPSA) is 80.9 Å². The maximum Gasteiger partial charge on any atom is 0.286 e. The average Bonchev–Trinajstić information content (AvgIpc) is 3.74. The number of benzene rings is 2. The summed E-state index contributed by atoms with van der Waals surface area (Å²) in [6.07, 6.45) is 6.32. The highest BCUT2D eigenvalue weighted by molar-refractivity contribution is 7.16. The minimum absolute atomic E-state index is 0.283. The van der Waals surface area contributed by atoms with Crippen molar-refractivity contribution >= 4 is 40.4 Å². The van der Waals surface area contributed by atoms with E-state index in [-0.39, 0.29) is 18.1 Å². The summed E-state index contributed by atoms with van der Waals surface area (Å²) in [6.45, 7) is 3.94. The third kappa shape index (κ3) is 6.27. The van der Waals surface area contributed by atoms with Gasteiger partial charge in [-0.05, 0) is 62.2 Å². The zero-order valence-electron chi connectivity index (χ0n) is 22.8. The molecule has 1 N–H and O–H groups in total. The molecule has 5 aromatic rings. The van der Waals surface area contributed by atoms with Crippen molar-refractivity contribution in [1.82, 2.24) is 35.0 Å². The number of piperidine rings is 1. The van der Waals surface area contributed by atoms with Crippen molar-refractivity contribution in [2.24, 2.45) is 0 Å². The van der Waals surface area contributed by atoms with Gasteiger partial charge in [0.05, 0.1) is 32.7 Å². The molecular formula is C31H27Cl2N7OS. The molecule has 2 aromatic carbocycles. The van der Waals surface area contributed by atoms with Crippen LogP contribution in [-0.2, 0) is 6.54 Å². The first-order chi connectivity index (χ1) is 20.4. The Morgan fingerprint density at radius 2 is 1.83 bits per heavy atom. The van der Waals surface area contributed by atoms with Crippen LogP contribution < -0.4 is 5.43 Å². The van der Waals surface area contributed by atoms with Crippen LogP contribution >= 0.6 is 34.5 Å². The number of aromatic nitrogens is 5. The number of aryl methyl sites for hydroxylation is 1. The number of carbonyl (C=O) groups is 1. The molecule has 42 heavy (non-hydrogen) atoms. The molecule has 0 radical (unpaired) electrons. The maximum absolute atomic E-state index is 13.8. The fraction of sp³-hybridized carbons (Fsp3) is 0.226. The number of carbonyl (C=O) groups excluding carboxylic acids is 1. The van der Waals surface area contributed by atoms with Crippen molar-refractivity contribution in [3.8, 4) is 28.1 Å². The number of rotatable bonds is 6. The largest absolute Gasteiger partial charge is 0.286 e. The fourth-order valence-corrected chi connectivity index (χ4v) is 6.25. The van der Waals surface area contributed by atoms with Crippen LogP contribution in [0.15, 0.2) is 67.3 Å². The Kier molecular flexibility index (Phi) is 8.40. The minimum atomic E-state index is -0.284. The van der Waals surface area contributed by atoms with E-state index in [0.29, 0.717) is 21.3 Å². The van der Waals surface area contributed by atoms with Gasteiger partial charge in [0.25, 0.3) is 5.91 Å². The molecule has 4 heterocycles. The van der Waals surface area contributed by atoms with E-state index in [1.165, 1.54) is 23.2 Å². The van der Waals surface area contributed by atoms with Gasteiger partial charge in [0, 0.05) is 29.2 Å². The van der Waals surface area contributed by atoms with Crippen LogP contribution in [0.2, 0.25) is 10.0 Å². The lowest BCUT2D eigenvalue weighted by molar-refractivity contribution is 0.0743. The van der Waals surface area contributed by atoms with Gasteiger partial charge in [-0.2, -0.15) is 10.2 Å². The molecule has 1 aliphatic rings. The van der Waals surface area contributed by atoms with Crippen LogP contribution in [0.1, 0.15) is 51.3 Å². The van der Waals surface area contributed by atoms with Crippen LogP contribution in [0.25, 0.3) is 16.3 Å². The van der Waals surface area contributed by atoms with Crippen LogP contribution in [0.4, 0.5) is 0 Å². The smallest absolute Gasteiger partial charge is 0.283 e. The van der Waals surface area contributed by atoms with E-state index in [4.69, 9.17) is 28.3 Å². The molecule has 0 saturated carbocycles. The number of hydrogen-bond acceptors (Lipinski definition) is 6. The predicted molar refractivity (Wildman–Crippen MR) is 166 cm³/mol. The van der Waals surface area contributed by atoms with E-state index >= 15 is 0 Å². The van der Waals surface area contributed by atoms with Crippen LogP contribution in [0, 0.1) is 18.8 Å². The van der Waals surface area contributed by atoms with Gasteiger partial charge >= 0.3 is 0 Å². The molecule has 212 valence electrons. The molecule has 3 aromatic heterocycles. The Balaban J connectivity index is 1.47. The second kappa shape index (κ2) is 12.5. The Hall–Kier alpha value is -3.94. The molecule has 6 rings (SSSR count). The van der Waals surface area contributed by atoms with E-state index in [1.54, 1.807) is 33.9 Å². The summed E-state index contributed by atoms with van der Waals surface area (Å²) in [7, 11) is 0. The molecule has 8 nitrogen and oxygen atoms in total.